The number of aliphatic hydroxyl groups is 2. The predicted octanol–water partition coefficient (Wildman–Crippen LogP) is 18.8. The number of hydrogen-bond donors (Lipinski definition) is 3. The monoisotopic (exact) mass is 956 g/mol. The zero-order chi connectivity index (χ0) is 49.3. The molecule has 400 valence electrons. The van der Waals surface area contributed by atoms with Crippen LogP contribution in [-0.4, -0.2) is 47.4 Å². The first-order valence-electron chi connectivity index (χ1n) is 30.2. The van der Waals surface area contributed by atoms with Gasteiger partial charge in [-0.05, 0) is 83.5 Å². The predicted molar refractivity (Wildman–Crippen MR) is 296 cm³/mol. The van der Waals surface area contributed by atoms with Gasteiger partial charge in [-0.15, -0.1) is 0 Å². The molecule has 6 heteroatoms. The SMILES string of the molecule is CCCCCC/C=C\C/C=C\CCCCCCCCCC(=O)OCCCC/C=C\CCCCCCC(=O)NC(CO)C(O)CCCCCCCCCCCCCCCCCCCCCCCCC. The van der Waals surface area contributed by atoms with Gasteiger partial charge in [-0.25, -0.2) is 0 Å². The van der Waals surface area contributed by atoms with Crippen LogP contribution >= 0.6 is 0 Å². The molecule has 0 aliphatic rings. The van der Waals surface area contributed by atoms with Crippen LogP contribution in [0.2, 0.25) is 0 Å². The fourth-order valence-corrected chi connectivity index (χ4v) is 9.25. The minimum Gasteiger partial charge on any atom is -0.466 e. The number of ether oxygens (including phenoxy) is 1. The van der Waals surface area contributed by atoms with Gasteiger partial charge in [-0.1, -0.05) is 262 Å². The van der Waals surface area contributed by atoms with E-state index in [4.69, 9.17) is 4.74 Å². The Morgan fingerprint density at radius 2 is 0.735 bits per heavy atom. The molecule has 0 fully saturated rings. The first-order chi connectivity index (χ1) is 33.5. The molecule has 0 saturated heterocycles. The number of unbranched alkanes of at least 4 members (excludes halogenated alkanes) is 39. The maximum Gasteiger partial charge on any atom is 0.305 e. The smallest absolute Gasteiger partial charge is 0.305 e. The van der Waals surface area contributed by atoms with E-state index in [1.807, 2.05) is 0 Å². The molecule has 0 radical (unpaired) electrons. The van der Waals surface area contributed by atoms with Gasteiger partial charge < -0.3 is 20.3 Å². The molecular weight excluding hydrogens is 839 g/mol. The van der Waals surface area contributed by atoms with Crippen molar-refractivity contribution in [3.05, 3.63) is 36.5 Å². The van der Waals surface area contributed by atoms with Crippen molar-refractivity contribution in [1.82, 2.24) is 5.32 Å². The van der Waals surface area contributed by atoms with E-state index in [9.17, 15) is 19.8 Å². The van der Waals surface area contributed by atoms with Crippen molar-refractivity contribution in [2.75, 3.05) is 13.2 Å². The van der Waals surface area contributed by atoms with E-state index in [0.717, 1.165) is 83.5 Å². The molecule has 3 N–H and O–H groups in total. The van der Waals surface area contributed by atoms with Crippen molar-refractivity contribution < 1.29 is 24.5 Å². The third-order valence-electron chi connectivity index (χ3n) is 13.9. The Morgan fingerprint density at radius 1 is 0.412 bits per heavy atom. The molecule has 0 aliphatic carbocycles. The highest BCUT2D eigenvalue weighted by Gasteiger charge is 2.20. The number of carbonyl (C=O) groups is 2. The fourth-order valence-electron chi connectivity index (χ4n) is 9.25. The zero-order valence-electron chi connectivity index (χ0n) is 45.6. The number of hydrogen-bond acceptors (Lipinski definition) is 5. The van der Waals surface area contributed by atoms with E-state index in [1.165, 1.54) is 205 Å². The number of nitrogens with one attached hydrogen (secondary N) is 1. The number of esters is 1. The molecule has 0 aromatic heterocycles. The fraction of sp³-hybridized carbons (Fsp3) is 0.871. The Kier molecular flexibility index (Phi) is 56.0. The maximum absolute atomic E-state index is 12.5. The van der Waals surface area contributed by atoms with Gasteiger partial charge in [0.2, 0.25) is 5.91 Å². The van der Waals surface area contributed by atoms with Crippen LogP contribution in [0, 0.1) is 0 Å². The molecule has 2 unspecified atom stereocenters. The second-order valence-corrected chi connectivity index (χ2v) is 20.7. The third kappa shape index (κ3) is 53.4. The Bertz CT molecular complexity index is 1100. The normalized spacial score (nSPS) is 12.8. The van der Waals surface area contributed by atoms with Crippen molar-refractivity contribution in [2.24, 2.45) is 0 Å². The van der Waals surface area contributed by atoms with Gasteiger partial charge in [0.15, 0.2) is 0 Å². The Balaban J connectivity index is 3.51. The minimum absolute atomic E-state index is 0.0430. The van der Waals surface area contributed by atoms with Crippen LogP contribution in [0.15, 0.2) is 36.5 Å². The first kappa shape index (κ1) is 66.1. The molecule has 0 aromatic rings. The summed E-state index contributed by atoms with van der Waals surface area (Å²) in [6.07, 6.45) is 71.5. The number of amides is 1. The van der Waals surface area contributed by atoms with Gasteiger partial charge in [0.05, 0.1) is 25.4 Å². The standard InChI is InChI=1S/C62H117NO5/c1-3-5-7-9-11-13-15-17-19-21-23-24-25-26-27-28-30-32-34-38-42-46-50-54-60(65)59(58-64)63-61(66)55-51-47-43-39-36-37-41-45-49-53-57-68-62(67)56-52-48-44-40-35-33-31-29-22-20-18-16-14-12-10-8-6-4-2/h14,16,20,22,37,41,59-60,64-65H,3-13,15,17-19,21,23-36,38-40,42-58H2,1-2H3,(H,63,66)/b16-14-,22-20-,41-37-. The van der Waals surface area contributed by atoms with Crippen molar-refractivity contribution in [1.29, 1.82) is 0 Å². The Hall–Kier alpha value is -1.92. The van der Waals surface area contributed by atoms with Crippen molar-refractivity contribution in [2.45, 2.75) is 334 Å². The quantitative estimate of drug-likeness (QED) is 0.0321. The van der Waals surface area contributed by atoms with Gasteiger partial charge in [0.25, 0.3) is 0 Å². The van der Waals surface area contributed by atoms with E-state index in [1.54, 1.807) is 0 Å². The van der Waals surface area contributed by atoms with Crippen LogP contribution in [-0.2, 0) is 14.3 Å². The van der Waals surface area contributed by atoms with Crippen molar-refractivity contribution in [3.63, 3.8) is 0 Å². The molecular formula is C62H117NO5. The maximum atomic E-state index is 12.5. The lowest BCUT2D eigenvalue weighted by atomic mass is 10.0. The van der Waals surface area contributed by atoms with E-state index >= 15 is 0 Å². The highest BCUT2D eigenvalue weighted by atomic mass is 16.5. The molecule has 1 amide bonds. The molecule has 0 bridgehead atoms. The Morgan fingerprint density at radius 3 is 1.15 bits per heavy atom. The molecule has 0 aromatic carbocycles. The summed E-state index contributed by atoms with van der Waals surface area (Å²) in [5, 5.41) is 23.3. The highest BCUT2D eigenvalue weighted by Crippen LogP contribution is 2.17. The summed E-state index contributed by atoms with van der Waals surface area (Å²) in [4.78, 5) is 24.6. The third-order valence-corrected chi connectivity index (χ3v) is 13.9. The van der Waals surface area contributed by atoms with Crippen LogP contribution in [0.3, 0.4) is 0 Å². The average Bonchev–Trinajstić information content (AvgIpc) is 3.34. The number of aliphatic hydroxyl groups excluding tert-OH is 2. The minimum atomic E-state index is -0.688. The van der Waals surface area contributed by atoms with E-state index in [0.29, 0.717) is 25.9 Å². The van der Waals surface area contributed by atoms with Crippen LogP contribution in [0.5, 0.6) is 0 Å². The molecule has 0 spiro atoms. The first-order valence-corrected chi connectivity index (χ1v) is 30.2. The summed E-state index contributed by atoms with van der Waals surface area (Å²) in [6.45, 7) is 4.86. The topological polar surface area (TPSA) is 95.9 Å². The van der Waals surface area contributed by atoms with Gasteiger partial charge >= 0.3 is 5.97 Å². The highest BCUT2D eigenvalue weighted by molar-refractivity contribution is 5.76. The van der Waals surface area contributed by atoms with Crippen molar-refractivity contribution >= 4 is 11.9 Å². The van der Waals surface area contributed by atoms with Gasteiger partial charge in [-0.3, -0.25) is 9.59 Å². The van der Waals surface area contributed by atoms with Crippen molar-refractivity contribution in [3.8, 4) is 0 Å². The lowest BCUT2D eigenvalue weighted by Crippen LogP contribution is -2.45. The molecule has 0 saturated carbocycles. The van der Waals surface area contributed by atoms with Gasteiger partial charge in [-0.2, -0.15) is 0 Å². The van der Waals surface area contributed by atoms with Gasteiger partial charge in [0.1, 0.15) is 0 Å². The van der Waals surface area contributed by atoms with Crippen LogP contribution in [0.1, 0.15) is 322 Å². The molecule has 0 aliphatic heterocycles. The van der Waals surface area contributed by atoms with E-state index < -0.39 is 12.1 Å². The summed E-state index contributed by atoms with van der Waals surface area (Å²) in [5.74, 6) is -0.112. The van der Waals surface area contributed by atoms with E-state index in [-0.39, 0.29) is 18.5 Å². The second kappa shape index (κ2) is 57.7. The molecule has 0 rings (SSSR count). The van der Waals surface area contributed by atoms with Crippen LogP contribution < -0.4 is 5.32 Å². The largest absolute Gasteiger partial charge is 0.466 e. The van der Waals surface area contributed by atoms with Crippen LogP contribution in [0.4, 0.5) is 0 Å². The molecule has 2 atom stereocenters. The molecule has 6 nitrogen and oxygen atoms in total. The number of carbonyl (C=O) groups excluding carboxylic acids is 2. The zero-order valence-corrected chi connectivity index (χ0v) is 45.6. The second-order valence-electron chi connectivity index (χ2n) is 20.7. The lowest BCUT2D eigenvalue weighted by Gasteiger charge is -2.22. The lowest BCUT2D eigenvalue weighted by molar-refractivity contribution is -0.143. The summed E-state index contributed by atoms with van der Waals surface area (Å²) >= 11 is 0. The van der Waals surface area contributed by atoms with Gasteiger partial charge in [0, 0.05) is 12.8 Å². The number of rotatable bonds is 56. The Labute approximate surface area is 424 Å². The average molecular weight is 957 g/mol. The summed E-state index contributed by atoms with van der Waals surface area (Å²) < 4.78 is 5.45. The molecule has 68 heavy (non-hydrogen) atoms. The van der Waals surface area contributed by atoms with E-state index in [2.05, 4.69) is 55.6 Å². The summed E-state index contributed by atoms with van der Waals surface area (Å²) in [7, 11) is 0. The van der Waals surface area contributed by atoms with Crippen LogP contribution in [0.25, 0.3) is 0 Å². The molecule has 0 heterocycles. The summed E-state index contributed by atoms with van der Waals surface area (Å²) in [6, 6.07) is -0.569. The summed E-state index contributed by atoms with van der Waals surface area (Å²) in [5.41, 5.74) is 0. The number of allylic oxidation sites excluding steroid dienone is 6.